The Labute approximate surface area is 77.5 Å². The van der Waals surface area contributed by atoms with Crippen LogP contribution in [0.15, 0.2) is 0 Å². The van der Waals surface area contributed by atoms with Crippen LogP contribution in [0.1, 0.15) is 0 Å². The van der Waals surface area contributed by atoms with Gasteiger partial charge in [-0.2, -0.15) is 0 Å². The SMILES string of the molecule is CO[Si](CNC(=O)CF)(OC)OC. The zero-order chi connectivity index (χ0) is 10.3. The lowest BCUT2D eigenvalue weighted by atomic mass is 10.7. The van der Waals surface area contributed by atoms with E-state index in [1.165, 1.54) is 21.3 Å². The summed E-state index contributed by atoms with van der Waals surface area (Å²) >= 11 is 0. The topological polar surface area (TPSA) is 56.8 Å². The molecule has 7 heteroatoms. The molecule has 1 N–H and O–H groups in total. The Kier molecular flexibility index (Phi) is 5.79. The van der Waals surface area contributed by atoms with E-state index >= 15 is 0 Å². The summed E-state index contributed by atoms with van der Waals surface area (Å²) in [6.45, 7) is -1.05. The van der Waals surface area contributed by atoms with Crippen LogP contribution in [0.3, 0.4) is 0 Å². The Morgan fingerprint density at radius 2 is 1.77 bits per heavy atom. The van der Waals surface area contributed by atoms with E-state index in [1.54, 1.807) is 0 Å². The van der Waals surface area contributed by atoms with Gasteiger partial charge in [0, 0.05) is 21.3 Å². The van der Waals surface area contributed by atoms with Crippen LogP contribution in [-0.4, -0.2) is 48.9 Å². The summed E-state index contributed by atoms with van der Waals surface area (Å²) in [5.74, 6) is -0.706. The summed E-state index contributed by atoms with van der Waals surface area (Å²) in [7, 11) is 1.46. The summed E-state index contributed by atoms with van der Waals surface area (Å²) in [5, 5.41) is 2.30. The van der Waals surface area contributed by atoms with Gasteiger partial charge in [0.15, 0.2) is 6.67 Å². The molecule has 0 aliphatic heterocycles. The highest BCUT2D eigenvalue weighted by Crippen LogP contribution is 2.03. The number of carbonyl (C=O) groups excluding carboxylic acids is 1. The average Bonchev–Trinajstić information content (AvgIpc) is 2.20. The zero-order valence-electron chi connectivity index (χ0n) is 7.93. The van der Waals surface area contributed by atoms with Crippen LogP contribution in [0, 0.1) is 0 Å². The van der Waals surface area contributed by atoms with E-state index in [0.29, 0.717) is 0 Å². The largest absolute Gasteiger partial charge is 0.520 e. The number of amides is 1. The highest BCUT2D eigenvalue weighted by Gasteiger charge is 2.38. The Balaban J connectivity index is 4.02. The molecule has 0 aliphatic rings. The van der Waals surface area contributed by atoms with Crippen molar-refractivity contribution in [1.29, 1.82) is 0 Å². The third-order valence-corrected chi connectivity index (χ3v) is 4.03. The zero-order valence-corrected chi connectivity index (χ0v) is 8.93. The maximum absolute atomic E-state index is 11.8. The van der Waals surface area contributed by atoms with E-state index in [9.17, 15) is 9.18 Å². The van der Waals surface area contributed by atoms with Gasteiger partial charge < -0.3 is 18.6 Å². The molecule has 5 nitrogen and oxygen atoms in total. The second-order valence-electron chi connectivity index (χ2n) is 2.21. The van der Waals surface area contributed by atoms with Crippen LogP contribution >= 0.6 is 0 Å². The van der Waals surface area contributed by atoms with Crippen LogP contribution in [-0.2, 0) is 18.1 Å². The van der Waals surface area contributed by atoms with Crippen molar-refractivity contribution in [2.24, 2.45) is 0 Å². The fraction of sp³-hybridized carbons (Fsp3) is 0.833. The lowest BCUT2D eigenvalue weighted by molar-refractivity contribution is -0.121. The van der Waals surface area contributed by atoms with Crippen molar-refractivity contribution in [3.63, 3.8) is 0 Å². The lowest BCUT2D eigenvalue weighted by Crippen LogP contribution is -2.53. The summed E-state index contributed by atoms with van der Waals surface area (Å²) in [6, 6.07) is 0. The van der Waals surface area contributed by atoms with E-state index in [4.69, 9.17) is 13.3 Å². The third kappa shape index (κ3) is 3.81. The normalized spacial score (nSPS) is 11.4. The van der Waals surface area contributed by atoms with Crippen LogP contribution in [0.2, 0.25) is 0 Å². The monoisotopic (exact) mass is 211 g/mol. The van der Waals surface area contributed by atoms with Crippen LogP contribution in [0.5, 0.6) is 0 Å². The molecule has 0 unspecified atom stereocenters. The maximum atomic E-state index is 11.8. The van der Waals surface area contributed by atoms with Gasteiger partial charge in [-0.3, -0.25) is 4.79 Å². The second kappa shape index (κ2) is 6.03. The van der Waals surface area contributed by atoms with Crippen molar-refractivity contribution >= 4 is 14.7 Å². The number of hydrogen-bond donors (Lipinski definition) is 1. The van der Waals surface area contributed by atoms with E-state index in [1.807, 2.05) is 0 Å². The number of hydrogen-bond acceptors (Lipinski definition) is 4. The molecule has 0 saturated carbocycles. The molecule has 0 atom stereocenters. The minimum Gasteiger partial charge on any atom is -0.376 e. The highest BCUT2D eigenvalue weighted by atomic mass is 28.4. The molecule has 0 spiro atoms. The Bertz CT molecular complexity index is 156. The number of alkyl halides is 1. The molecule has 0 bridgehead atoms. The molecule has 0 aromatic carbocycles. The lowest BCUT2D eigenvalue weighted by Gasteiger charge is -2.24. The Morgan fingerprint density at radius 3 is 2.08 bits per heavy atom. The van der Waals surface area contributed by atoms with Crippen molar-refractivity contribution in [3.8, 4) is 0 Å². The molecule has 0 aliphatic carbocycles. The van der Waals surface area contributed by atoms with Crippen LogP contribution in [0.4, 0.5) is 4.39 Å². The first kappa shape index (κ1) is 12.5. The Morgan fingerprint density at radius 1 is 1.31 bits per heavy atom. The van der Waals surface area contributed by atoms with Gasteiger partial charge in [-0.05, 0) is 0 Å². The molecule has 0 rings (SSSR count). The van der Waals surface area contributed by atoms with Crippen molar-refractivity contribution in [3.05, 3.63) is 0 Å². The molecule has 0 saturated heterocycles. The van der Waals surface area contributed by atoms with Gasteiger partial charge in [-0.25, -0.2) is 4.39 Å². The predicted molar refractivity (Wildman–Crippen MR) is 45.8 cm³/mol. The molecule has 0 fully saturated rings. The first-order valence-corrected chi connectivity index (χ1v) is 5.55. The second-order valence-corrected chi connectivity index (χ2v) is 5.15. The van der Waals surface area contributed by atoms with Crippen molar-refractivity contribution < 1.29 is 22.5 Å². The number of carbonyl (C=O) groups is 1. The van der Waals surface area contributed by atoms with E-state index in [2.05, 4.69) is 5.32 Å². The molecule has 0 aromatic rings. The smallest absolute Gasteiger partial charge is 0.376 e. The summed E-state index contributed by atoms with van der Waals surface area (Å²) in [4.78, 5) is 10.6. The molecular formula is C6H14FNO4Si. The molecular weight excluding hydrogens is 197 g/mol. The summed E-state index contributed by atoms with van der Waals surface area (Å²) in [5.41, 5.74) is 0. The molecule has 0 radical (unpaired) electrons. The number of nitrogens with one attached hydrogen (secondary N) is 1. The van der Waals surface area contributed by atoms with Crippen LogP contribution in [0.25, 0.3) is 0 Å². The fourth-order valence-corrected chi connectivity index (χ4v) is 2.07. The minimum absolute atomic E-state index is 0.0687. The van der Waals surface area contributed by atoms with Gasteiger partial charge in [-0.1, -0.05) is 0 Å². The first-order valence-electron chi connectivity index (χ1n) is 3.62. The van der Waals surface area contributed by atoms with E-state index in [-0.39, 0.29) is 6.17 Å². The third-order valence-electron chi connectivity index (χ3n) is 1.56. The standard InChI is InChI=1S/C6H14FNO4Si/c1-10-13(11-2,12-3)5-8-6(9)4-7/h4-5H2,1-3H3,(H,8,9). The maximum Gasteiger partial charge on any atom is 0.520 e. The molecule has 0 heterocycles. The van der Waals surface area contributed by atoms with Gasteiger partial charge in [0.1, 0.15) is 0 Å². The van der Waals surface area contributed by atoms with E-state index < -0.39 is 21.4 Å². The van der Waals surface area contributed by atoms with Gasteiger partial charge in [-0.15, -0.1) is 0 Å². The summed E-state index contributed by atoms with van der Waals surface area (Å²) < 4.78 is 26.7. The minimum atomic E-state index is -2.80. The van der Waals surface area contributed by atoms with Gasteiger partial charge in [0.05, 0.1) is 6.17 Å². The van der Waals surface area contributed by atoms with Crippen molar-refractivity contribution in [2.45, 2.75) is 0 Å². The quantitative estimate of drug-likeness (QED) is 0.601. The average molecular weight is 211 g/mol. The molecule has 78 valence electrons. The summed E-state index contributed by atoms with van der Waals surface area (Å²) in [6.07, 6.45) is 0.0687. The molecule has 0 aromatic heterocycles. The Hall–Kier alpha value is -0.503. The van der Waals surface area contributed by atoms with Crippen molar-refractivity contribution in [2.75, 3.05) is 34.2 Å². The fourth-order valence-electron chi connectivity index (χ4n) is 0.721. The predicted octanol–water partition coefficient (Wildman–Crippen LogP) is -0.511. The molecule has 13 heavy (non-hydrogen) atoms. The van der Waals surface area contributed by atoms with Gasteiger partial charge >= 0.3 is 8.80 Å². The van der Waals surface area contributed by atoms with Crippen molar-refractivity contribution in [1.82, 2.24) is 5.32 Å². The number of rotatable bonds is 6. The first-order chi connectivity index (χ1) is 6.14. The van der Waals surface area contributed by atoms with Gasteiger partial charge in [0.25, 0.3) is 5.91 Å². The molecule has 1 amide bonds. The number of halogens is 1. The van der Waals surface area contributed by atoms with E-state index in [0.717, 1.165) is 0 Å². The van der Waals surface area contributed by atoms with Gasteiger partial charge in [0.2, 0.25) is 0 Å². The highest BCUT2D eigenvalue weighted by molar-refractivity contribution is 6.61. The van der Waals surface area contributed by atoms with Crippen LogP contribution < -0.4 is 5.32 Å².